The van der Waals surface area contributed by atoms with Crippen molar-refractivity contribution in [3.8, 4) is 12.3 Å². The van der Waals surface area contributed by atoms with Crippen molar-refractivity contribution < 1.29 is 9.53 Å². The summed E-state index contributed by atoms with van der Waals surface area (Å²) >= 11 is 0. The van der Waals surface area contributed by atoms with Crippen molar-refractivity contribution in [1.29, 1.82) is 0 Å². The summed E-state index contributed by atoms with van der Waals surface area (Å²) in [6.45, 7) is 6.78. The van der Waals surface area contributed by atoms with Crippen molar-refractivity contribution in [3.05, 3.63) is 35.9 Å². The van der Waals surface area contributed by atoms with E-state index in [2.05, 4.69) is 16.6 Å². The molecule has 4 heteroatoms. The highest BCUT2D eigenvalue weighted by Crippen LogP contribution is 2.17. The quantitative estimate of drug-likeness (QED) is 0.625. The van der Waals surface area contributed by atoms with Crippen LogP contribution in [0.25, 0.3) is 0 Å². The van der Waals surface area contributed by atoms with E-state index in [-0.39, 0.29) is 6.04 Å². The van der Waals surface area contributed by atoms with E-state index in [9.17, 15) is 4.79 Å². The predicted molar refractivity (Wildman–Crippen MR) is 84.9 cm³/mol. The van der Waals surface area contributed by atoms with E-state index >= 15 is 0 Å². The fourth-order valence-corrected chi connectivity index (χ4v) is 1.86. The van der Waals surface area contributed by atoms with E-state index in [1.165, 1.54) is 0 Å². The molecule has 0 spiro atoms. The minimum atomic E-state index is -0.507. The highest BCUT2D eigenvalue weighted by atomic mass is 16.6. The lowest BCUT2D eigenvalue weighted by Crippen LogP contribution is -2.36. The second kappa shape index (κ2) is 8.33. The smallest absolute Gasteiger partial charge is 0.408 e. The number of benzene rings is 1. The lowest BCUT2D eigenvalue weighted by atomic mass is 10.0. The molecule has 0 aliphatic heterocycles. The second-order valence-corrected chi connectivity index (χ2v) is 5.78. The minimum Gasteiger partial charge on any atom is -0.444 e. The lowest BCUT2D eigenvalue weighted by molar-refractivity contribution is 0.0501. The van der Waals surface area contributed by atoms with Gasteiger partial charge in [0.1, 0.15) is 5.60 Å². The van der Waals surface area contributed by atoms with Gasteiger partial charge in [-0.2, -0.15) is 0 Å². The Labute approximate surface area is 127 Å². The molecule has 1 unspecified atom stereocenters. The van der Waals surface area contributed by atoms with Crippen LogP contribution < -0.4 is 10.6 Å². The zero-order valence-corrected chi connectivity index (χ0v) is 13.0. The first-order chi connectivity index (χ1) is 9.92. The largest absolute Gasteiger partial charge is 0.444 e. The van der Waals surface area contributed by atoms with Crippen molar-refractivity contribution in [1.82, 2.24) is 10.6 Å². The SMILES string of the molecule is C#CCNCCC(NC(=O)OC(C)(C)C)c1ccccc1. The first-order valence-electron chi connectivity index (χ1n) is 7.11. The van der Waals surface area contributed by atoms with E-state index in [1.807, 2.05) is 51.1 Å². The molecule has 0 saturated carbocycles. The van der Waals surface area contributed by atoms with Gasteiger partial charge in [-0.05, 0) is 39.3 Å². The van der Waals surface area contributed by atoms with E-state index < -0.39 is 11.7 Å². The Bertz CT molecular complexity index is 472. The molecular formula is C17H24N2O2. The number of carbonyl (C=O) groups excluding carboxylic acids is 1. The summed E-state index contributed by atoms with van der Waals surface area (Å²) in [5, 5.41) is 6.04. The summed E-state index contributed by atoms with van der Waals surface area (Å²) in [7, 11) is 0. The maximum Gasteiger partial charge on any atom is 0.408 e. The zero-order chi connectivity index (χ0) is 15.7. The Kier molecular flexibility index (Phi) is 6.77. The van der Waals surface area contributed by atoms with Crippen molar-refractivity contribution in [2.45, 2.75) is 38.8 Å². The molecule has 0 radical (unpaired) electrons. The predicted octanol–water partition coefficient (Wildman–Crippen LogP) is 2.87. The van der Waals surface area contributed by atoms with E-state index in [4.69, 9.17) is 11.2 Å². The molecule has 0 aliphatic rings. The topological polar surface area (TPSA) is 50.4 Å². The molecule has 1 aromatic rings. The maximum atomic E-state index is 11.9. The molecule has 0 saturated heterocycles. The summed E-state index contributed by atoms with van der Waals surface area (Å²) in [5.41, 5.74) is 0.540. The number of hydrogen-bond donors (Lipinski definition) is 2. The lowest BCUT2D eigenvalue weighted by Gasteiger charge is -2.24. The Morgan fingerprint density at radius 1 is 1.33 bits per heavy atom. The molecule has 0 bridgehead atoms. The Morgan fingerprint density at radius 3 is 2.57 bits per heavy atom. The van der Waals surface area contributed by atoms with Gasteiger partial charge in [0.25, 0.3) is 0 Å². The molecule has 0 aliphatic carbocycles. The van der Waals surface area contributed by atoms with E-state index in [0.717, 1.165) is 18.5 Å². The number of terminal acetylenes is 1. The van der Waals surface area contributed by atoms with Gasteiger partial charge in [0.05, 0.1) is 12.6 Å². The normalized spacial score (nSPS) is 12.3. The third-order valence-corrected chi connectivity index (χ3v) is 2.73. The summed E-state index contributed by atoms with van der Waals surface area (Å²) in [6, 6.07) is 9.73. The van der Waals surface area contributed by atoms with Gasteiger partial charge in [-0.25, -0.2) is 4.79 Å². The summed E-state index contributed by atoms with van der Waals surface area (Å²) in [4.78, 5) is 11.9. The molecule has 0 fully saturated rings. The fraction of sp³-hybridized carbons (Fsp3) is 0.471. The van der Waals surface area contributed by atoms with Gasteiger partial charge in [0.15, 0.2) is 0 Å². The van der Waals surface area contributed by atoms with Crippen molar-refractivity contribution >= 4 is 6.09 Å². The highest BCUT2D eigenvalue weighted by Gasteiger charge is 2.20. The van der Waals surface area contributed by atoms with Crippen LogP contribution in [0.5, 0.6) is 0 Å². The number of alkyl carbamates (subject to hydrolysis) is 1. The Balaban J connectivity index is 2.64. The van der Waals surface area contributed by atoms with Gasteiger partial charge in [-0.15, -0.1) is 6.42 Å². The van der Waals surface area contributed by atoms with Crippen molar-refractivity contribution in [2.75, 3.05) is 13.1 Å². The maximum absolute atomic E-state index is 11.9. The van der Waals surface area contributed by atoms with Crippen LogP contribution in [0, 0.1) is 12.3 Å². The van der Waals surface area contributed by atoms with Crippen molar-refractivity contribution in [2.24, 2.45) is 0 Å². The van der Waals surface area contributed by atoms with Gasteiger partial charge < -0.3 is 15.4 Å². The standard InChI is InChI=1S/C17H24N2O2/c1-5-12-18-13-11-15(14-9-7-6-8-10-14)19-16(20)21-17(2,3)4/h1,6-10,15,18H,11-13H2,2-4H3,(H,19,20). The van der Waals surface area contributed by atoms with Crippen LogP contribution in [-0.4, -0.2) is 24.8 Å². The zero-order valence-electron chi connectivity index (χ0n) is 13.0. The third kappa shape index (κ3) is 7.38. The summed E-state index contributed by atoms with van der Waals surface area (Å²) in [5.74, 6) is 2.53. The number of rotatable bonds is 6. The fourth-order valence-electron chi connectivity index (χ4n) is 1.86. The van der Waals surface area contributed by atoms with Gasteiger partial charge in [0.2, 0.25) is 0 Å². The molecule has 1 rings (SSSR count). The van der Waals surface area contributed by atoms with Crippen LogP contribution in [0.15, 0.2) is 30.3 Å². The molecule has 0 aromatic heterocycles. The minimum absolute atomic E-state index is 0.105. The molecule has 114 valence electrons. The highest BCUT2D eigenvalue weighted by molar-refractivity contribution is 5.68. The molecule has 1 aromatic carbocycles. The van der Waals surface area contributed by atoms with Crippen LogP contribution in [-0.2, 0) is 4.74 Å². The van der Waals surface area contributed by atoms with Gasteiger partial charge in [0, 0.05) is 0 Å². The number of hydrogen-bond acceptors (Lipinski definition) is 3. The molecule has 2 N–H and O–H groups in total. The average Bonchev–Trinajstić information content (AvgIpc) is 2.41. The van der Waals surface area contributed by atoms with Gasteiger partial charge >= 0.3 is 6.09 Å². The average molecular weight is 288 g/mol. The van der Waals surface area contributed by atoms with Crippen LogP contribution in [0.4, 0.5) is 4.79 Å². The summed E-state index contributed by atoms with van der Waals surface area (Å²) in [6.07, 6.45) is 5.54. The first-order valence-corrected chi connectivity index (χ1v) is 7.11. The monoisotopic (exact) mass is 288 g/mol. The molecule has 21 heavy (non-hydrogen) atoms. The Hall–Kier alpha value is -1.99. The van der Waals surface area contributed by atoms with E-state index in [0.29, 0.717) is 6.54 Å². The van der Waals surface area contributed by atoms with Crippen LogP contribution in [0.2, 0.25) is 0 Å². The van der Waals surface area contributed by atoms with Crippen molar-refractivity contribution in [3.63, 3.8) is 0 Å². The third-order valence-electron chi connectivity index (χ3n) is 2.73. The summed E-state index contributed by atoms with van der Waals surface area (Å²) < 4.78 is 5.31. The van der Waals surface area contributed by atoms with Gasteiger partial charge in [-0.3, -0.25) is 0 Å². The molecule has 4 nitrogen and oxygen atoms in total. The van der Waals surface area contributed by atoms with Crippen LogP contribution in [0.3, 0.4) is 0 Å². The number of nitrogens with one attached hydrogen (secondary N) is 2. The van der Waals surface area contributed by atoms with Crippen LogP contribution >= 0.6 is 0 Å². The molecular weight excluding hydrogens is 264 g/mol. The molecule has 1 amide bonds. The number of amides is 1. The number of carbonyl (C=O) groups is 1. The molecule has 1 atom stereocenters. The molecule has 0 heterocycles. The first kappa shape index (κ1) is 17.1. The second-order valence-electron chi connectivity index (χ2n) is 5.78. The number of ether oxygens (including phenoxy) is 1. The Morgan fingerprint density at radius 2 is 2.00 bits per heavy atom. The van der Waals surface area contributed by atoms with Gasteiger partial charge in [-0.1, -0.05) is 36.3 Å². The van der Waals surface area contributed by atoms with E-state index in [1.54, 1.807) is 0 Å². The van der Waals surface area contributed by atoms with Crippen LogP contribution in [0.1, 0.15) is 38.8 Å².